The molecule has 0 aromatic heterocycles. The van der Waals surface area contributed by atoms with Crippen molar-refractivity contribution in [2.75, 3.05) is 37.7 Å². The molecule has 0 aliphatic carbocycles. The van der Waals surface area contributed by atoms with Crippen molar-refractivity contribution in [1.29, 1.82) is 0 Å². The zero-order chi connectivity index (χ0) is 22.2. The lowest BCUT2D eigenvalue weighted by Gasteiger charge is -2.37. The molecule has 9 heteroatoms. The van der Waals surface area contributed by atoms with Gasteiger partial charge < -0.3 is 4.90 Å². The predicted octanol–water partition coefficient (Wildman–Crippen LogP) is 3.98. The van der Waals surface area contributed by atoms with Crippen LogP contribution >= 0.6 is 11.6 Å². The summed E-state index contributed by atoms with van der Waals surface area (Å²) >= 11 is 6.05. The Morgan fingerprint density at radius 2 is 1.68 bits per heavy atom. The second-order valence-corrected chi connectivity index (χ2v) is 8.16. The monoisotopic (exact) mass is 451 g/mol. The predicted molar refractivity (Wildman–Crippen MR) is 111 cm³/mol. The highest BCUT2D eigenvalue weighted by Crippen LogP contribution is 2.39. The van der Waals surface area contributed by atoms with E-state index in [1.807, 2.05) is 23.1 Å². The molecule has 1 unspecified atom stereocenters. The Morgan fingerprint density at radius 3 is 2.35 bits per heavy atom. The third-order valence-electron chi connectivity index (χ3n) is 5.77. The number of hydrogen-bond acceptors (Lipinski definition) is 4. The average molecular weight is 452 g/mol. The van der Waals surface area contributed by atoms with Crippen LogP contribution in [0.2, 0.25) is 5.02 Å². The first-order valence-corrected chi connectivity index (χ1v) is 10.3. The first-order valence-electron chi connectivity index (χ1n) is 9.97. The van der Waals surface area contributed by atoms with Crippen LogP contribution in [0.1, 0.15) is 23.5 Å². The van der Waals surface area contributed by atoms with E-state index in [9.17, 15) is 22.8 Å². The number of carbonyl (C=O) groups excluding carboxylic acids is 2. The normalized spacial score (nSPS) is 20.6. The minimum Gasteiger partial charge on any atom is -0.369 e. The SMILES string of the molecule is O=C1CC(c2ccccc2C(F)(F)F)C(=O)N1CN1CCN(c2cccc(Cl)c2)CC1. The molecule has 31 heavy (non-hydrogen) atoms. The molecule has 1 atom stereocenters. The molecular weight excluding hydrogens is 431 g/mol. The first-order chi connectivity index (χ1) is 14.7. The van der Waals surface area contributed by atoms with E-state index in [4.69, 9.17) is 11.6 Å². The van der Waals surface area contributed by atoms with Crippen LogP contribution in [-0.2, 0) is 15.8 Å². The van der Waals surface area contributed by atoms with Gasteiger partial charge in [-0.3, -0.25) is 19.4 Å². The first kappa shape index (κ1) is 21.6. The molecule has 2 amide bonds. The zero-order valence-electron chi connectivity index (χ0n) is 16.6. The number of nitrogens with zero attached hydrogens (tertiary/aromatic N) is 3. The number of anilines is 1. The van der Waals surface area contributed by atoms with Crippen molar-refractivity contribution in [3.8, 4) is 0 Å². The van der Waals surface area contributed by atoms with Crippen LogP contribution in [-0.4, -0.2) is 54.5 Å². The smallest absolute Gasteiger partial charge is 0.369 e. The highest BCUT2D eigenvalue weighted by Gasteiger charge is 2.44. The van der Waals surface area contributed by atoms with Crippen molar-refractivity contribution in [3.05, 3.63) is 64.7 Å². The third-order valence-corrected chi connectivity index (χ3v) is 6.01. The van der Waals surface area contributed by atoms with Gasteiger partial charge in [-0.25, -0.2) is 0 Å². The molecule has 5 nitrogen and oxygen atoms in total. The molecule has 4 rings (SSSR count). The number of halogens is 4. The number of benzene rings is 2. The Hall–Kier alpha value is -2.58. The lowest BCUT2D eigenvalue weighted by Crippen LogP contribution is -2.51. The van der Waals surface area contributed by atoms with Gasteiger partial charge in [0, 0.05) is 43.3 Å². The van der Waals surface area contributed by atoms with Gasteiger partial charge in [-0.15, -0.1) is 0 Å². The van der Waals surface area contributed by atoms with E-state index in [2.05, 4.69) is 4.90 Å². The van der Waals surface area contributed by atoms with Crippen molar-refractivity contribution in [2.24, 2.45) is 0 Å². The van der Waals surface area contributed by atoms with E-state index >= 15 is 0 Å². The van der Waals surface area contributed by atoms with Crippen molar-refractivity contribution in [3.63, 3.8) is 0 Å². The molecule has 0 spiro atoms. The number of rotatable bonds is 4. The summed E-state index contributed by atoms with van der Waals surface area (Å²) in [6.07, 6.45) is -4.82. The van der Waals surface area contributed by atoms with Crippen molar-refractivity contribution in [2.45, 2.75) is 18.5 Å². The molecule has 0 radical (unpaired) electrons. The fraction of sp³-hybridized carbons (Fsp3) is 0.364. The van der Waals surface area contributed by atoms with Gasteiger partial charge in [0.2, 0.25) is 11.8 Å². The number of carbonyl (C=O) groups is 2. The molecule has 2 heterocycles. The van der Waals surface area contributed by atoms with E-state index in [1.54, 1.807) is 6.07 Å². The highest BCUT2D eigenvalue weighted by molar-refractivity contribution is 6.30. The van der Waals surface area contributed by atoms with E-state index < -0.39 is 29.5 Å². The molecule has 2 aromatic carbocycles. The molecule has 0 bridgehead atoms. The summed E-state index contributed by atoms with van der Waals surface area (Å²) in [6.45, 7) is 2.71. The number of likely N-dealkylation sites (tertiary alicyclic amines) is 1. The Morgan fingerprint density at radius 1 is 0.968 bits per heavy atom. The van der Waals surface area contributed by atoms with Crippen molar-refractivity contribution >= 4 is 29.1 Å². The zero-order valence-corrected chi connectivity index (χ0v) is 17.4. The quantitative estimate of drug-likeness (QED) is 0.660. The number of hydrogen-bond donors (Lipinski definition) is 0. The third kappa shape index (κ3) is 4.55. The van der Waals surface area contributed by atoms with Gasteiger partial charge >= 0.3 is 6.18 Å². The largest absolute Gasteiger partial charge is 0.416 e. The second kappa shape index (κ2) is 8.51. The molecular formula is C22H21ClF3N3O2. The van der Waals surface area contributed by atoms with Crippen LogP contribution in [0.15, 0.2) is 48.5 Å². The highest BCUT2D eigenvalue weighted by atomic mass is 35.5. The Bertz CT molecular complexity index is 990. The molecule has 2 saturated heterocycles. The van der Waals surface area contributed by atoms with Gasteiger partial charge in [-0.2, -0.15) is 13.2 Å². The minimum atomic E-state index is -4.58. The molecule has 2 aliphatic heterocycles. The Labute approximate surface area is 183 Å². The number of amides is 2. The minimum absolute atomic E-state index is 0.0890. The van der Waals surface area contributed by atoms with E-state index in [1.165, 1.54) is 18.2 Å². The van der Waals surface area contributed by atoms with Gasteiger partial charge in [-0.05, 0) is 29.8 Å². The van der Waals surface area contributed by atoms with Gasteiger partial charge in [0.05, 0.1) is 18.2 Å². The maximum Gasteiger partial charge on any atom is 0.416 e. The summed E-state index contributed by atoms with van der Waals surface area (Å²) in [5.41, 5.74) is 0.00376. The fourth-order valence-electron chi connectivity index (χ4n) is 4.15. The van der Waals surface area contributed by atoms with Crippen molar-refractivity contribution in [1.82, 2.24) is 9.80 Å². The second-order valence-electron chi connectivity index (χ2n) is 7.73. The van der Waals surface area contributed by atoms with E-state index in [0.29, 0.717) is 31.2 Å². The standard InChI is InChI=1S/C22H21ClF3N3O2/c23-15-4-3-5-16(12-15)28-10-8-27(9-11-28)14-29-20(30)13-18(21(29)31)17-6-1-2-7-19(17)22(24,25)26/h1-7,12,18H,8-11,13-14H2. The summed E-state index contributed by atoms with van der Waals surface area (Å²) in [4.78, 5) is 30.6. The van der Waals surface area contributed by atoms with Gasteiger partial charge in [0.15, 0.2) is 0 Å². The van der Waals surface area contributed by atoms with Crippen LogP contribution < -0.4 is 4.90 Å². The Balaban J connectivity index is 1.42. The maximum absolute atomic E-state index is 13.4. The van der Waals surface area contributed by atoms with Gasteiger partial charge in [0.25, 0.3) is 0 Å². The molecule has 2 fully saturated rings. The summed E-state index contributed by atoms with van der Waals surface area (Å²) in [7, 11) is 0. The molecule has 2 aromatic rings. The Kier molecular flexibility index (Phi) is 5.94. The van der Waals surface area contributed by atoms with Crippen LogP contribution in [0.25, 0.3) is 0 Å². The lowest BCUT2D eigenvalue weighted by molar-refractivity contribution is -0.141. The van der Waals surface area contributed by atoms with Gasteiger partial charge in [0.1, 0.15) is 0 Å². The van der Waals surface area contributed by atoms with E-state index in [-0.39, 0.29) is 18.7 Å². The molecule has 164 valence electrons. The fourth-order valence-corrected chi connectivity index (χ4v) is 4.34. The summed E-state index contributed by atoms with van der Waals surface area (Å²) in [5.74, 6) is -2.11. The van der Waals surface area contributed by atoms with Crippen LogP contribution in [0.5, 0.6) is 0 Å². The van der Waals surface area contributed by atoms with Crippen LogP contribution in [0.4, 0.5) is 18.9 Å². The van der Waals surface area contributed by atoms with Crippen molar-refractivity contribution < 1.29 is 22.8 Å². The number of imide groups is 1. The number of piperazine rings is 1. The molecule has 2 aliphatic rings. The van der Waals surface area contributed by atoms with Gasteiger partial charge in [-0.1, -0.05) is 35.9 Å². The van der Waals surface area contributed by atoms with E-state index in [0.717, 1.165) is 16.7 Å². The molecule has 0 saturated carbocycles. The summed E-state index contributed by atoms with van der Waals surface area (Å²) < 4.78 is 40.1. The maximum atomic E-state index is 13.4. The summed E-state index contributed by atoms with van der Waals surface area (Å²) in [6, 6.07) is 12.5. The van der Waals surface area contributed by atoms with Crippen LogP contribution in [0, 0.1) is 0 Å². The lowest BCUT2D eigenvalue weighted by atomic mass is 9.92. The topological polar surface area (TPSA) is 43.9 Å². The summed E-state index contributed by atoms with van der Waals surface area (Å²) in [5, 5.41) is 0.651. The number of alkyl halides is 3. The average Bonchev–Trinajstić information content (AvgIpc) is 3.02. The van der Waals surface area contributed by atoms with Crippen LogP contribution in [0.3, 0.4) is 0 Å². The molecule has 0 N–H and O–H groups in total.